The fourth-order valence-electron chi connectivity index (χ4n) is 3.74. The molecule has 0 amide bonds. The number of carbonyl (C=O) groups excluding carboxylic acids is 1. The number of hydrogen-bond donors (Lipinski definition) is 1. The summed E-state index contributed by atoms with van der Waals surface area (Å²) in [5.74, 6) is -0.0522. The van der Waals surface area contributed by atoms with E-state index in [-0.39, 0.29) is 16.9 Å². The Kier molecular flexibility index (Phi) is 7.41. The molecule has 0 bridgehead atoms. The average Bonchev–Trinajstić information content (AvgIpc) is 3.10. The molecule has 7 nitrogen and oxygen atoms in total. The second-order valence-electron chi connectivity index (χ2n) is 7.29. The molecule has 0 saturated carbocycles. The number of aromatic hydroxyl groups is 1. The molecular weight excluding hydrogens is 706 g/mol. The topological polar surface area (TPSA) is 90.1 Å². The van der Waals surface area contributed by atoms with Gasteiger partial charge >= 0.3 is 5.97 Å². The molecule has 3 aromatic rings. The molecule has 0 spiro atoms. The van der Waals surface area contributed by atoms with Gasteiger partial charge in [-0.1, -0.05) is 22.9 Å². The van der Waals surface area contributed by atoms with Crippen LogP contribution in [-0.2, 0) is 9.53 Å². The maximum Gasteiger partial charge on any atom is 0.338 e. The fourth-order valence-corrected chi connectivity index (χ4v) is 6.85. The molecule has 2 heterocycles. The van der Waals surface area contributed by atoms with Crippen LogP contribution in [0.15, 0.2) is 51.4 Å². The smallest absolute Gasteiger partial charge is 0.338 e. The van der Waals surface area contributed by atoms with Gasteiger partial charge < -0.3 is 14.6 Å². The zero-order chi connectivity index (χ0) is 24.7. The van der Waals surface area contributed by atoms with Crippen molar-refractivity contribution in [2.45, 2.75) is 13.0 Å². The monoisotopic (exact) mass is 722 g/mol. The van der Waals surface area contributed by atoms with E-state index in [1.165, 1.54) is 30.1 Å². The van der Waals surface area contributed by atoms with Crippen LogP contribution in [0.4, 0.5) is 0 Å². The number of benzene rings is 2. The van der Waals surface area contributed by atoms with Gasteiger partial charge in [-0.15, -0.1) is 0 Å². The quantitative estimate of drug-likeness (QED) is 0.326. The summed E-state index contributed by atoms with van der Waals surface area (Å²) < 4.78 is 14.0. The first-order valence-corrected chi connectivity index (χ1v) is 13.1. The summed E-state index contributed by atoms with van der Waals surface area (Å²) in [6.07, 6.45) is 1.63. The van der Waals surface area contributed by atoms with Gasteiger partial charge in [-0.05, 0) is 88.5 Å². The van der Waals surface area contributed by atoms with E-state index in [1.54, 1.807) is 37.3 Å². The highest BCUT2D eigenvalue weighted by Crippen LogP contribution is 2.37. The van der Waals surface area contributed by atoms with Gasteiger partial charge in [0.2, 0.25) is 0 Å². The number of halogens is 3. The van der Waals surface area contributed by atoms with E-state index in [0.29, 0.717) is 40.5 Å². The van der Waals surface area contributed by atoms with Crippen LogP contribution in [0.25, 0.3) is 6.08 Å². The molecule has 0 radical (unpaired) electrons. The number of nitrogens with zero attached hydrogens (tertiary/aromatic N) is 2. The van der Waals surface area contributed by atoms with Crippen LogP contribution in [0.5, 0.6) is 11.5 Å². The molecule has 4 rings (SSSR count). The summed E-state index contributed by atoms with van der Waals surface area (Å²) in [7, 11) is 2.79. The number of fused-ring (bicyclic) bond motifs is 1. The summed E-state index contributed by atoms with van der Waals surface area (Å²) in [5.41, 5.74) is 1.33. The number of allylic oxidation sites excluding steroid dienone is 1. The van der Waals surface area contributed by atoms with Crippen molar-refractivity contribution in [3.05, 3.63) is 84.6 Å². The highest BCUT2D eigenvalue weighted by Gasteiger charge is 2.35. The zero-order valence-corrected chi connectivity index (χ0v) is 23.9. The van der Waals surface area contributed by atoms with E-state index in [4.69, 9.17) is 21.1 Å². The molecular formula is C23H17ClI2N2O5S. The minimum Gasteiger partial charge on any atom is -0.506 e. The molecule has 0 fully saturated rings. The molecule has 176 valence electrons. The Balaban J connectivity index is 2.05. The van der Waals surface area contributed by atoms with Gasteiger partial charge in [0, 0.05) is 19.7 Å². The van der Waals surface area contributed by atoms with Crippen molar-refractivity contribution >= 4 is 80.2 Å². The van der Waals surface area contributed by atoms with Gasteiger partial charge in [0.05, 0.1) is 33.6 Å². The minimum absolute atomic E-state index is 0.0892. The van der Waals surface area contributed by atoms with Crippen LogP contribution >= 0.6 is 68.1 Å². The van der Waals surface area contributed by atoms with Gasteiger partial charge in [-0.25, -0.2) is 9.79 Å². The Morgan fingerprint density at radius 3 is 2.68 bits per heavy atom. The van der Waals surface area contributed by atoms with Gasteiger partial charge in [0.25, 0.3) is 5.56 Å². The minimum atomic E-state index is -0.857. The standard InChI is InChI=1S/C23H17ClI2N2O5S/c1-10-18(22(31)33-3)19(14-8-12(24)4-5-16(14)32-2)28-21(30)17(34-23(28)27-10)7-11-6-13(25)9-15(26)20(11)29/h4-9,19,29H,1-3H3/b17-7-/t19-/m1/s1. The van der Waals surface area contributed by atoms with E-state index in [0.717, 1.165) is 3.57 Å². The number of methoxy groups -OCH3 is 2. The highest BCUT2D eigenvalue weighted by molar-refractivity contribution is 14.1. The summed E-state index contributed by atoms with van der Waals surface area (Å²) in [5, 5.41) is 11.0. The first-order valence-electron chi connectivity index (χ1n) is 9.78. The number of phenols is 1. The van der Waals surface area contributed by atoms with Crippen LogP contribution < -0.4 is 19.6 Å². The Bertz CT molecular complexity index is 1540. The number of rotatable bonds is 4. The molecule has 1 aromatic heterocycles. The lowest BCUT2D eigenvalue weighted by Crippen LogP contribution is -2.40. The molecule has 34 heavy (non-hydrogen) atoms. The number of aromatic nitrogens is 1. The molecule has 1 N–H and O–H groups in total. The van der Waals surface area contributed by atoms with Gasteiger partial charge in [-0.3, -0.25) is 9.36 Å². The van der Waals surface area contributed by atoms with Crippen molar-refractivity contribution in [3.63, 3.8) is 0 Å². The lowest BCUT2D eigenvalue weighted by molar-refractivity contribution is -0.136. The number of esters is 1. The number of thiazole rings is 1. The van der Waals surface area contributed by atoms with Crippen LogP contribution in [0.2, 0.25) is 5.02 Å². The number of phenolic OH excluding ortho intramolecular Hbond substituents is 1. The molecule has 0 aliphatic carbocycles. The van der Waals surface area contributed by atoms with Crippen LogP contribution in [0, 0.1) is 7.14 Å². The zero-order valence-electron chi connectivity index (χ0n) is 18.1. The molecule has 0 saturated heterocycles. The van der Waals surface area contributed by atoms with Crippen LogP contribution in [0.3, 0.4) is 0 Å². The number of ether oxygens (including phenoxy) is 2. The lowest BCUT2D eigenvalue weighted by Gasteiger charge is -2.25. The fraction of sp³-hybridized carbons (Fsp3) is 0.174. The van der Waals surface area contributed by atoms with Gasteiger partial charge in [0.15, 0.2) is 4.80 Å². The maximum atomic E-state index is 13.7. The molecule has 0 unspecified atom stereocenters. The van der Waals surface area contributed by atoms with Crippen molar-refractivity contribution in [2.24, 2.45) is 4.99 Å². The lowest BCUT2D eigenvalue weighted by atomic mass is 9.95. The predicted molar refractivity (Wildman–Crippen MR) is 147 cm³/mol. The second kappa shape index (κ2) is 9.99. The van der Waals surface area contributed by atoms with E-state index in [1.807, 2.05) is 28.7 Å². The Morgan fingerprint density at radius 2 is 2.00 bits per heavy atom. The van der Waals surface area contributed by atoms with Gasteiger partial charge in [0.1, 0.15) is 17.5 Å². The normalized spacial score (nSPS) is 15.7. The van der Waals surface area contributed by atoms with E-state index in [9.17, 15) is 14.7 Å². The Morgan fingerprint density at radius 1 is 1.26 bits per heavy atom. The summed E-state index contributed by atoms with van der Waals surface area (Å²) >= 11 is 11.7. The van der Waals surface area contributed by atoms with E-state index in [2.05, 4.69) is 27.6 Å². The van der Waals surface area contributed by atoms with Crippen molar-refractivity contribution in [1.29, 1.82) is 0 Å². The maximum absolute atomic E-state index is 13.7. The average molecular weight is 723 g/mol. The molecule has 1 aliphatic heterocycles. The first-order chi connectivity index (χ1) is 16.2. The van der Waals surface area contributed by atoms with Crippen LogP contribution in [0.1, 0.15) is 24.1 Å². The third-order valence-corrected chi connectivity index (χ3v) is 7.92. The van der Waals surface area contributed by atoms with Crippen molar-refractivity contribution in [3.8, 4) is 11.5 Å². The molecule has 1 aliphatic rings. The molecule has 1 atom stereocenters. The summed E-state index contributed by atoms with van der Waals surface area (Å²) in [4.78, 5) is 31.4. The summed E-state index contributed by atoms with van der Waals surface area (Å²) in [6.45, 7) is 1.70. The predicted octanol–water partition coefficient (Wildman–Crippen LogP) is 3.99. The largest absolute Gasteiger partial charge is 0.506 e. The second-order valence-corrected chi connectivity index (χ2v) is 11.1. The third kappa shape index (κ3) is 4.52. The number of carbonyl (C=O) groups is 1. The summed E-state index contributed by atoms with van der Waals surface area (Å²) in [6, 6.07) is 7.79. The van der Waals surface area contributed by atoms with E-state index >= 15 is 0 Å². The van der Waals surface area contributed by atoms with Gasteiger partial charge in [-0.2, -0.15) is 0 Å². The number of hydrogen-bond acceptors (Lipinski definition) is 7. The Hall–Kier alpha value is -1.90. The first kappa shape index (κ1) is 25.2. The molecule has 11 heteroatoms. The van der Waals surface area contributed by atoms with Crippen molar-refractivity contribution in [2.75, 3.05) is 14.2 Å². The van der Waals surface area contributed by atoms with E-state index < -0.39 is 12.0 Å². The molecule has 2 aromatic carbocycles. The van der Waals surface area contributed by atoms with Crippen molar-refractivity contribution < 1.29 is 19.4 Å². The van der Waals surface area contributed by atoms with Crippen LogP contribution in [-0.4, -0.2) is 29.9 Å². The third-order valence-electron chi connectivity index (χ3n) is 5.26. The Labute approximate surface area is 230 Å². The highest BCUT2D eigenvalue weighted by atomic mass is 127. The SMILES string of the molecule is COC(=O)C1=C(C)N=c2s/c(=C\c3cc(I)cc(I)c3O)c(=O)n2[C@@H]1c1cc(Cl)ccc1OC. The van der Waals surface area contributed by atoms with Crippen molar-refractivity contribution in [1.82, 2.24) is 4.57 Å².